The van der Waals surface area contributed by atoms with E-state index in [4.69, 9.17) is 0 Å². The molecule has 0 radical (unpaired) electrons. The van der Waals surface area contributed by atoms with Crippen LogP contribution >= 0.6 is 0 Å². The fourth-order valence-corrected chi connectivity index (χ4v) is 1.91. The molecule has 0 unspecified atom stereocenters. The molecule has 1 aliphatic heterocycles. The second-order valence-corrected chi connectivity index (χ2v) is 4.32. The van der Waals surface area contributed by atoms with Crippen LogP contribution in [-0.4, -0.2) is 42.0 Å². The Morgan fingerprint density at radius 3 is 2.68 bits per heavy atom. The molecule has 0 aliphatic carbocycles. The van der Waals surface area contributed by atoms with E-state index in [0.29, 0.717) is 26.2 Å². The number of amides is 2. The summed E-state index contributed by atoms with van der Waals surface area (Å²) in [5, 5.41) is 16.4. The summed E-state index contributed by atoms with van der Waals surface area (Å²) < 4.78 is 0. The number of carbonyl (C=O) groups excluding carboxylic acids is 1. The molecule has 0 saturated carbocycles. The second-order valence-electron chi connectivity index (χ2n) is 4.32. The fourth-order valence-electron chi connectivity index (χ4n) is 1.91. The van der Waals surface area contributed by atoms with Gasteiger partial charge in [0.25, 0.3) is 5.69 Å². The number of nitrogens with zero attached hydrogens (tertiary/aromatic N) is 2. The number of nitrogens with one attached hydrogen (secondary N) is 2. The Morgan fingerprint density at radius 2 is 2.11 bits per heavy atom. The maximum Gasteiger partial charge on any atom is 0.317 e. The highest BCUT2D eigenvalue weighted by Gasteiger charge is 2.17. The zero-order chi connectivity index (χ0) is 13.7. The summed E-state index contributed by atoms with van der Waals surface area (Å²) in [6.07, 6.45) is 0. The number of carbonyl (C=O) groups is 1. The van der Waals surface area contributed by atoms with Gasteiger partial charge in [-0.05, 0) is 5.56 Å². The van der Waals surface area contributed by atoms with Gasteiger partial charge in [-0.2, -0.15) is 0 Å². The molecule has 0 aromatic heterocycles. The molecule has 2 amide bonds. The molecule has 102 valence electrons. The van der Waals surface area contributed by atoms with Crippen molar-refractivity contribution in [3.05, 3.63) is 39.9 Å². The number of nitro benzene ring substituents is 1. The Kier molecular flexibility index (Phi) is 4.30. The Hall–Kier alpha value is -2.15. The second kappa shape index (κ2) is 6.14. The van der Waals surface area contributed by atoms with Crippen molar-refractivity contribution in [3.63, 3.8) is 0 Å². The molecule has 7 heteroatoms. The SMILES string of the molecule is O=C1NCCN1CCNCc1ccc([N+](=O)[O-])cc1. The first-order chi connectivity index (χ1) is 9.16. The molecule has 2 N–H and O–H groups in total. The molecule has 1 heterocycles. The first-order valence-electron chi connectivity index (χ1n) is 6.13. The molecule has 0 bridgehead atoms. The maximum absolute atomic E-state index is 11.3. The molecule has 19 heavy (non-hydrogen) atoms. The first-order valence-corrected chi connectivity index (χ1v) is 6.13. The third-order valence-electron chi connectivity index (χ3n) is 2.98. The summed E-state index contributed by atoms with van der Waals surface area (Å²) in [5.74, 6) is 0. The number of benzene rings is 1. The normalized spacial score (nSPS) is 14.5. The standard InChI is InChI=1S/C12H16N4O3/c17-12-14-6-8-15(12)7-5-13-9-10-1-3-11(4-2-10)16(18)19/h1-4,13H,5-9H2,(H,14,17). The van der Waals surface area contributed by atoms with E-state index in [-0.39, 0.29) is 11.7 Å². The smallest absolute Gasteiger partial charge is 0.317 e. The summed E-state index contributed by atoms with van der Waals surface area (Å²) in [6.45, 7) is 3.45. The quantitative estimate of drug-likeness (QED) is 0.450. The van der Waals surface area contributed by atoms with Crippen molar-refractivity contribution in [2.45, 2.75) is 6.54 Å². The number of rotatable bonds is 6. The van der Waals surface area contributed by atoms with Gasteiger partial charge in [0, 0.05) is 44.9 Å². The lowest BCUT2D eigenvalue weighted by molar-refractivity contribution is -0.384. The van der Waals surface area contributed by atoms with Crippen molar-refractivity contribution >= 4 is 11.7 Å². The van der Waals surface area contributed by atoms with Crippen LogP contribution in [0.3, 0.4) is 0 Å². The minimum atomic E-state index is -0.413. The van der Waals surface area contributed by atoms with Crippen molar-refractivity contribution in [2.24, 2.45) is 0 Å². The van der Waals surface area contributed by atoms with Gasteiger partial charge in [0.2, 0.25) is 0 Å². The van der Waals surface area contributed by atoms with Crippen LogP contribution in [0.1, 0.15) is 5.56 Å². The van der Waals surface area contributed by atoms with Crippen LogP contribution in [0.4, 0.5) is 10.5 Å². The van der Waals surface area contributed by atoms with Gasteiger partial charge in [0.05, 0.1) is 4.92 Å². The van der Waals surface area contributed by atoms with E-state index in [1.807, 2.05) is 0 Å². The van der Waals surface area contributed by atoms with Gasteiger partial charge >= 0.3 is 6.03 Å². The molecule has 0 atom stereocenters. The number of non-ortho nitro benzene ring substituents is 1. The predicted molar refractivity (Wildman–Crippen MR) is 69.8 cm³/mol. The molecular formula is C12H16N4O3. The van der Waals surface area contributed by atoms with E-state index in [9.17, 15) is 14.9 Å². The average Bonchev–Trinajstić information content (AvgIpc) is 2.81. The number of hydrogen-bond acceptors (Lipinski definition) is 4. The minimum Gasteiger partial charge on any atom is -0.336 e. The van der Waals surface area contributed by atoms with Gasteiger partial charge in [-0.15, -0.1) is 0 Å². The largest absolute Gasteiger partial charge is 0.336 e. The van der Waals surface area contributed by atoms with Crippen molar-refractivity contribution in [1.29, 1.82) is 0 Å². The monoisotopic (exact) mass is 264 g/mol. The minimum absolute atomic E-state index is 0.0165. The van der Waals surface area contributed by atoms with Crippen LogP contribution < -0.4 is 10.6 Å². The Morgan fingerprint density at radius 1 is 1.37 bits per heavy atom. The third-order valence-corrected chi connectivity index (χ3v) is 2.98. The average molecular weight is 264 g/mol. The summed E-state index contributed by atoms with van der Waals surface area (Å²) in [4.78, 5) is 23.1. The van der Waals surface area contributed by atoms with E-state index >= 15 is 0 Å². The predicted octanol–water partition coefficient (Wildman–Crippen LogP) is 0.710. The van der Waals surface area contributed by atoms with Gasteiger partial charge in [-0.25, -0.2) is 4.79 Å². The number of nitro groups is 1. The molecule has 1 fully saturated rings. The highest BCUT2D eigenvalue weighted by molar-refractivity contribution is 5.76. The highest BCUT2D eigenvalue weighted by Crippen LogP contribution is 2.11. The van der Waals surface area contributed by atoms with Gasteiger partial charge in [-0.1, -0.05) is 12.1 Å². The van der Waals surface area contributed by atoms with E-state index in [1.165, 1.54) is 12.1 Å². The van der Waals surface area contributed by atoms with Gasteiger partial charge in [0.1, 0.15) is 0 Å². The van der Waals surface area contributed by atoms with Crippen LogP contribution in [0.25, 0.3) is 0 Å². The molecule has 1 aromatic carbocycles. The summed E-state index contributed by atoms with van der Waals surface area (Å²) >= 11 is 0. The van der Waals surface area contributed by atoms with Crippen LogP contribution in [0.5, 0.6) is 0 Å². The Labute approximate surface area is 110 Å². The van der Waals surface area contributed by atoms with E-state index < -0.39 is 4.92 Å². The van der Waals surface area contributed by atoms with Crippen molar-refractivity contribution in [2.75, 3.05) is 26.2 Å². The third kappa shape index (κ3) is 3.65. The van der Waals surface area contributed by atoms with E-state index in [2.05, 4.69) is 10.6 Å². The molecule has 1 aliphatic rings. The van der Waals surface area contributed by atoms with Crippen molar-refractivity contribution in [1.82, 2.24) is 15.5 Å². The van der Waals surface area contributed by atoms with Crippen molar-refractivity contribution in [3.8, 4) is 0 Å². The van der Waals surface area contributed by atoms with Crippen LogP contribution in [-0.2, 0) is 6.54 Å². The lowest BCUT2D eigenvalue weighted by Crippen LogP contribution is -2.34. The number of hydrogen-bond donors (Lipinski definition) is 2. The van der Waals surface area contributed by atoms with Gasteiger partial charge in [0.15, 0.2) is 0 Å². The fraction of sp³-hybridized carbons (Fsp3) is 0.417. The maximum atomic E-state index is 11.3. The van der Waals surface area contributed by atoms with Gasteiger partial charge < -0.3 is 15.5 Å². The lowest BCUT2D eigenvalue weighted by Gasteiger charge is -2.14. The van der Waals surface area contributed by atoms with Crippen molar-refractivity contribution < 1.29 is 9.72 Å². The highest BCUT2D eigenvalue weighted by atomic mass is 16.6. The number of urea groups is 1. The summed E-state index contributed by atoms with van der Waals surface area (Å²) in [5.41, 5.74) is 1.08. The van der Waals surface area contributed by atoms with Crippen LogP contribution in [0, 0.1) is 10.1 Å². The Bertz CT molecular complexity index is 461. The molecule has 1 aromatic rings. The molecule has 0 spiro atoms. The first kappa shape index (κ1) is 13.3. The van der Waals surface area contributed by atoms with Crippen LogP contribution in [0.15, 0.2) is 24.3 Å². The summed E-state index contributed by atoms with van der Waals surface area (Å²) in [6, 6.07) is 6.43. The lowest BCUT2D eigenvalue weighted by atomic mass is 10.2. The van der Waals surface area contributed by atoms with E-state index in [0.717, 1.165) is 12.1 Å². The molecular weight excluding hydrogens is 248 g/mol. The van der Waals surface area contributed by atoms with Crippen LogP contribution in [0.2, 0.25) is 0 Å². The molecule has 1 saturated heterocycles. The van der Waals surface area contributed by atoms with Gasteiger partial charge in [-0.3, -0.25) is 10.1 Å². The molecule has 2 rings (SSSR count). The molecule has 7 nitrogen and oxygen atoms in total. The zero-order valence-electron chi connectivity index (χ0n) is 10.5. The Balaban J connectivity index is 1.70. The summed E-state index contributed by atoms with van der Waals surface area (Å²) in [7, 11) is 0. The van der Waals surface area contributed by atoms with E-state index in [1.54, 1.807) is 17.0 Å². The topological polar surface area (TPSA) is 87.5 Å². The zero-order valence-corrected chi connectivity index (χ0v) is 10.5.